The summed E-state index contributed by atoms with van der Waals surface area (Å²) in [4.78, 5) is 11.4. The van der Waals surface area contributed by atoms with Crippen molar-refractivity contribution in [2.24, 2.45) is 0 Å². The van der Waals surface area contributed by atoms with E-state index in [1.54, 1.807) is 0 Å². The van der Waals surface area contributed by atoms with E-state index in [-0.39, 0.29) is 12.2 Å². The van der Waals surface area contributed by atoms with Crippen molar-refractivity contribution in [2.75, 3.05) is 12.3 Å². The maximum absolute atomic E-state index is 11.8. The largest absolute Gasteiger partial charge is 0.480 e. The first-order valence-electron chi connectivity index (χ1n) is 6.16. The number of sulfone groups is 1. The Bertz CT molecular complexity index is 398. The van der Waals surface area contributed by atoms with Crippen molar-refractivity contribution in [2.45, 2.75) is 49.3 Å². The number of hydrogen-bond donors (Lipinski definition) is 2. The van der Waals surface area contributed by atoms with Crippen LogP contribution in [0.2, 0.25) is 0 Å². The molecule has 2 fully saturated rings. The molecule has 2 heterocycles. The molecule has 2 N–H and O–H groups in total. The molecule has 2 aliphatic rings. The van der Waals surface area contributed by atoms with Gasteiger partial charge in [-0.15, -0.1) is 0 Å². The van der Waals surface area contributed by atoms with Crippen LogP contribution in [-0.4, -0.2) is 42.6 Å². The lowest BCUT2D eigenvalue weighted by Gasteiger charge is -2.36. The van der Waals surface area contributed by atoms with Gasteiger partial charge in [0.2, 0.25) is 0 Å². The zero-order chi connectivity index (χ0) is 12.5. The molecule has 2 rings (SSSR count). The molecule has 0 amide bonds. The quantitative estimate of drug-likeness (QED) is 0.775. The van der Waals surface area contributed by atoms with Gasteiger partial charge in [-0.05, 0) is 45.1 Å². The fourth-order valence-corrected chi connectivity index (χ4v) is 4.85. The molecular weight excluding hydrogens is 242 g/mol. The third-order valence-corrected chi connectivity index (χ3v) is 6.22. The Morgan fingerprint density at radius 3 is 2.59 bits per heavy atom. The Kier molecular flexibility index (Phi) is 3.45. The highest BCUT2D eigenvalue weighted by Crippen LogP contribution is 2.32. The molecule has 2 unspecified atom stereocenters. The van der Waals surface area contributed by atoms with Crippen molar-refractivity contribution >= 4 is 15.8 Å². The van der Waals surface area contributed by atoms with E-state index in [2.05, 4.69) is 5.32 Å². The van der Waals surface area contributed by atoms with Gasteiger partial charge in [-0.2, -0.15) is 0 Å². The summed E-state index contributed by atoms with van der Waals surface area (Å²) in [5.74, 6) is -0.688. The van der Waals surface area contributed by atoms with Crippen LogP contribution in [-0.2, 0) is 14.6 Å². The van der Waals surface area contributed by atoms with E-state index in [0.29, 0.717) is 25.8 Å². The number of carboxylic acid groups (broad SMARTS) is 1. The first kappa shape index (κ1) is 12.8. The van der Waals surface area contributed by atoms with Crippen LogP contribution in [0.15, 0.2) is 0 Å². The Morgan fingerprint density at radius 1 is 1.35 bits per heavy atom. The highest BCUT2D eigenvalue weighted by Gasteiger charge is 2.45. The van der Waals surface area contributed by atoms with Gasteiger partial charge in [-0.3, -0.25) is 4.79 Å². The predicted octanol–water partition coefficient (Wildman–Crippen LogP) is 0.551. The second-order valence-electron chi connectivity index (χ2n) is 5.11. The fourth-order valence-electron chi connectivity index (χ4n) is 2.89. The van der Waals surface area contributed by atoms with Gasteiger partial charge in [0.25, 0.3) is 0 Å². The molecule has 0 bridgehead atoms. The summed E-state index contributed by atoms with van der Waals surface area (Å²) < 4.78 is 23.6. The number of carboxylic acids is 1. The van der Waals surface area contributed by atoms with Crippen LogP contribution in [0.3, 0.4) is 0 Å². The van der Waals surface area contributed by atoms with Crippen LogP contribution in [0.25, 0.3) is 0 Å². The molecule has 0 radical (unpaired) electrons. The molecule has 2 atom stereocenters. The third kappa shape index (κ3) is 2.47. The van der Waals surface area contributed by atoms with Gasteiger partial charge in [0.1, 0.15) is 5.54 Å². The minimum absolute atomic E-state index is 0.216. The van der Waals surface area contributed by atoms with Gasteiger partial charge in [0.15, 0.2) is 9.84 Å². The Hall–Kier alpha value is -0.620. The first-order chi connectivity index (χ1) is 7.96. The standard InChI is InChI=1S/C11H19NO4S/c13-10(14)11(5-1-2-6-12-11)8-9-4-3-7-17(9,15)16/h9,12H,1-8H2,(H,13,14). The summed E-state index contributed by atoms with van der Waals surface area (Å²) in [6, 6.07) is 0. The van der Waals surface area contributed by atoms with Crippen molar-refractivity contribution < 1.29 is 18.3 Å². The van der Waals surface area contributed by atoms with E-state index < -0.39 is 26.6 Å². The predicted molar refractivity (Wildman–Crippen MR) is 63.6 cm³/mol. The molecule has 6 heteroatoms. The van der Waals surface area contributed by atoms with Crippen LogP contribution in [0.4, 0.5) is 0 Å². The number of hydrogen-bond acceptors (Lipinski definition) is 4. The number of rotatable bonds is 3. The molecule has 2 aliphatic heterocycles. The summed E-state index contributed by atoms with van der Waals surface area (Å²) in [7, 11) is -3.06. The number of nitrogens with one attached hydrogen (secondary N) is 1. The second-order valence-corrected chi connectivity index (χ2v) is 7.51. The highest BCUT2D eigenvalue weighted by molar-refractivity contribution is 7.92. The zero-order valence-corrected chi connectivity index (χ0v) is 10.6. The smallest absolute Gasteiger partial charge is 0.323 e. The minimum Gasteiger partial charge on any atom is -0.480 e. The normalized spacial score (nSPS) is 36.8. The summed E-state index contributed by atoms with van der Waals surface area (Å²) in [6.45, 7) is 0.666. The average molecular weight is 261 g/mol. The van der Waals surface area contributed by atoms with Gasteiger partial charge in [-0.1, -0.05) is 0 Å². The van der Waals surface area contributed by atoms with Crippen LogP contribution in [0, 0.1) is 0 Å². The molecule has 0 saturated carbocycles. The maximum Gasteiger partial charge on any atom is 0.323 e. The number of aliphatic carboxylic acids is 1. The topological polar surface area (TPSA) is 83.5 Å². The second kappa shape index (κ2) is 4.57. The van der Waals surface area contributed by atoms with E-state index >= 15 is 0 Å². The molecule has 5 nitrogen and oxygen atoms in total. The molecule has 98 valence electrons. The molecule has 0 spiro atoms. The molecule has 0 aromatic carbocycles. The van der Waals surface area contributed by atoms with Crippen molar-refractivity contribution in [3.05, 3.63) is 0 Å². The van der Waals surface area contributed by atoms with Crippen LogP contribution < -0.4 is 5.32 Å². The van der Waals surface area contributed by atoms with Crippen molar-refractivity contribution in [3.8, 4) is 0 Å². The molecule has 17 heavy (non-hydrogen) atoms. The molecule has 2 saturated heterocycles. The summed E-state index contributed by atoms with van der Waals surface area (Å²) >= 11 is 0. The Morgan fingerprint density at radius 2 is 2.12 bits per heavy atom. The molecule has 0 aromatic rings. The average Bonchev–Trinajstić information content (AvgIpc) is 2.59. The van der Waals surface area contributed by atoms with Gasteiger partial charge in [-0.25, -0.2) is 8.42 Å². The molecule has 0 aliphatic carbocycles. The summed E-state index contributed by atoms with van der Waals surface area (Å²) in [5.41, 5.74) is -1.01. The van der Waals surface area contributed by atoms with E-state index in [1.165, 1.54) is 0 Å². The highest BCUT2D eigenvalue weighted by atomic mass is 32.2. The van der Waals surface area contributed by atoms with E-state index in [4.69, 9.17) is 0 Å². The lowest BCUT2D eigenvalue weighted by molar-refractivity contribution is -0.146. The lowest BCUT2D eigenvalue weighted by Crippen LogP contribution is -2.56. The fraction of sp³-hybridized carbons (Fsp3) is 0.909. The zero-order valence-electron chi connectivity index (χ0n) is 9.81. The van der Waals surface area contributed by atoms with Crippen LogP contribution >= 0.6 is 0 Å². The van der Waals surface area contributed by atoms with Crippen molar-refractivity contribution in [1.29, 1.82) is 0 Å². The van der Waals surface area contributed by atoms with Gasteiger partial charge >= 0.3 is 5.97 Å². The first-order valence-corrected chi connectivity index (χ1v) is 7.88. The number of piperidine rings is 1. The Labute approximate surface area is 102 Å². The van der Waals surface area contributed by atoms with Crippen molar-refractivity contribution in [3.63, 3.8) is 0 Å². The Balaban J connectivity index is 2.16. The SMILES string of the molecule is O=C(O)C1(CC2CCCS2(=O)=O)CCCCN1. The molecular formula is C11H19NO4S. The van der Waals surface area contributed by atoms with Gasteiger partial charge in [0, 0.05) is 0 Å². The lowest BCUT2D eigenvalue weighted by atomic mass is 9.84. The molecule has 0 aromatic heterocycles. The van der Waals surface area contributed by atoms with Crippen LogP contribution in [0.5, 0.6) is 0 Å². The van der Waals surface area contributed by atoms with Crippen LogP contribution in [0.1, 0.15) is 38.5 Å². The summed E-state index contributed by atoms with van der Waals surface area (Å²) in [5, 5.41) is 11.9. The van der Waals surface area contributed by atoms with Crippen molar-refractivity contribution in [1.82, 2.24) is 5.32 Å². The van der Waals surface area contributed by atoms with Gasteiger partial charge < -0.3 is 10.4 Å². The van der Waals surface area contributed by atoms with Gasteiger partial charge in [0.05, 0.1) is 11.0 Å². The minimum atomic E-state index is -3.06. The number of carbonyl (C=O) groups is 1. The third-order valence-electron chi connectivity index (χ3n) is 3.94. The monoisotopic (exact) mass is 261 g/mol. The van der Waals surface area contributed by atoms with E-state index in [0.717, 1.165) is 12.8 Å². The summed E-state index contributed by atoms with van der Waals surface area (Å²) in [6.07, 6.45) is 3.86. The maximum atomic E-state index is 11.8. The van der Waals surface area contributed by atoms with E-state index in [9.17, 15) is 18.3 Å². The van der Waals surface area contributed by atoms with E-state index in [1.807, 2.05) is 0 Å².